The van der Waals surface area contributed by atoms with Crippen molar-refractivity contribution in [3.05, 3.63) is 29.8 Å². The Kier molecular flexibility index (Phi) is 5.13. The molecule has 1 amide bonds. The lowest BCUT2D eigenvalue weighted by molar-refractivity contribution is -0.120. The molecule has 1 aromatic carbocycles. The number of amides is 1. The van der Waals surface area contributed by atoms with Crippen LogP contribution >= 0.6 is 0 Å². The Bertz CT molecular complexity index is 479. The van der Waals surface area contributed by atoms with E-state index in [0.29, 0.717) is 0 Å². The fourth-order valence-electron chi connectivity index (χ4n) is 2.37. The van der Waals surface area contributed by atoms with Crippen LogP contribution in [0.5, 0.6) is 5.75 Å². The summed E-state index contributed by atoms with van der Waals surface area (Å²) < 4.78 is 0. The van der Waals surface area contributed by atoms with Crippen LogP contribution in [0.15, 0.2) is 24.3 Å². The van der Waals surface area contributed by atoms with Crippen molar-refractivity contribution in [1.82, 2.24) is 10.6 Å². The topological polar surface area (TPSA) is 122 Å². The van der Waals surface area contributed by atoms with Gasteiger partial charge in [0.1, 0.15) is 5.75 Å². The van der Waals surface area contributed by atoms with Crippen molar-refractivity contribution in [2.24, 2.45) is 0 Å². The van der Waals surface area contributed by atoms with Crippen LogP contribution in [0, 0.1) is 0 Å². The summed E-state index contributed by atoms with van der Waals surface area (Å²) in [4.78, 5) is 11.8. The molecule has 0 radical (unpaired) electrons. The first-order chi connectivity index (χ1) is 10.0. The van der Waals surface area contributed by atoms with Crippen LogP contribution in [0.3, 0.4) is 0 Å². The minimum atomic E-state index is -1.05. The first-order valence-corrected chi connectivity index (χ1v) is 6.79. The van der Waals surface area contributed by atoms with E-state index in [2.05, 4.69) is 10.6 Å². The lowest BCUT2D eigenvalue weighted by atomic mass is 10.1. The minimum Gasteiger partial charge on any atom is -0.508 e. The Morgan fingerprint density at radius 1 is 1.14 bits per heavy atom. The summed E-state index contributed by atoms with van der Waals surface area (Å²) >= 11 is 0. The Hall–Kier alpha value is -1.67. The summed E-state index contributed by atoms with van der Waals surface area (Å²) in [6.45, 7) is -0.123. The maximum atomic E-state index is 11.8. The van der Waals surface area contributed by atoms with Crippen molar-refractivity contribution in [1.29, 1.82) is 0 Å². The molecule has 0 bridgehead atoms. The van der Waals surface area contributed by atoms with Gasteiger partial charge in [0.2, 0.25) is 5.91 Å². The zero-order valence-electron chi connectivity index (χ0n) is 11.4. The van der Waals surface area contributed by atoms with Crippen LogP contribution in [0.2, 0.25) is 0 Å². The number of nitrogens with one attached hydrogen (secondary N) is 2. The second-order valence-electron chi connectivity index (χ2n) is 5.19. The number of aromatic hydroxyl groups is 1. The zero-order chi connectivity index (χ0) is 15.4. The van der Waals surface area contributed by atoms with Gasteiger partial charge in [0.05, 0.1) is 37.3 Å². The second-order valence-corrected chi connectivity index (χ2v) is 5.19. The van der Waals surface area contributed by atoms with Crippen molar-refractivity contribution in [3.63, 3.8) is 0 Å². The fourth-order valence-corrected chi connectivity index (χ4v) is 2.37. The SMILES string of the molecule is O=C(Cc1ccc(O)cc1)NC[C@H]1N[C@H](CO)[C@@H](O)[C@@H]1O. The number of aliphatic hydroxyl groups excluding tert-OH is 3. The highest BCUT2D eigenvalue weighted by Gasteiger charge is 2.40. The van der Waals surface area contributed by atoms with Gasteiger partial charge in [-0.05, 0) is 17.7 Å². The molecule has 0 saturated carbocycles. The van der Waals surface area contributed by atoms with Crippen LogP contribution in [0.1, 0.15) is 5.56 Å². The molecule has 7 nitrogen and oxygen atoms in total. The number of carbonyl (C=O) groups is 1. The van der Waals surface area contributed by atoms with Crippen LogP contribution in [-0.2, 0) is 11.2 Å². The van der Waals surface area contributed by atoms with E-state index in [1.807, 2.05) is 0 Å². The number of hydrogen-bond acceptors (Lipinski definition) is 6. The van der Waals surface area contributed by atoms with Crippen LogP contribution in [0.25, 0.3) is 0 Å². The number of rotatable bonds is 5. The summed E-state index contributed by atoms with van der Waals surface area (Å²) in [6.07, 6.45) is -1.92. The third-order valence-electron chi connectivity index (χ3n) is 3.62. The Balaban J connectivity index is 1.80. The molecule has 2 rings (SSSR count). The quantitative estimate of drug-likeness (QED) is 0.378. The zero-order valence-corrected chi connectivity index (χ0v) is 11.4. The Morgan fingerprint density at radius 3 is 2.33 bits per heavy atom. The molecule has 0 aliphatic carbocycles. The molecule has 1 aliphatic heterocycles. The smallest absolute Gasteiger partial charge is 0.224 e. The van der Waals surface area contributed by atoms with Crippen molar-refractivity contribution >= 4 is 5.91 Å². The molecular weight excluding hydrogens is 276 g/mol. The number of aliphatic hydroxyl groups is 3. The average Bonchev–Trinajstić information content (AvgIpc) is 2.75. The second kappa shape index (κ2) is 6.86. The lowest BCUT2D eigenvalue weighted by Gasteiger charge is -2.16. The molecular formula is C14H20N2O5. The maximum absolute atomic E-state index is 11.8. The van der Waals surface area contributed by atoms with Gasteiger partial charge < -0.3 is 31.1 Å². The number of carbonyl (C=O) groups excluding carboxylic acids is 1. The third kappa shape index (κ3) is 3.92. The van der Waals surface area contributed by atoms with Gasteiger partial charge in [-0.3, -0.25) is 4.79 Å². The number of phenols is 1. The normalized spacial score (nSPS) is 28.5. The van der Waals surface area contributed by atoms with Gasteiger partial charge in [0, 0.05) is 6.54 Å². The monoisotopic (exact) mass is 296 g/mol. The highest BCUT2D eigenvalue weighted by molar-refractivity contribution is 5.78. The standard InChI is InChI=1S/C14H20N2O5/c17-7-11-14(21)13(20)10(16-11)6-15-12(19)5-8-1-3-9(18)4-2-8/h1-4,10-11,13-14,16-18,20-21H,5-7H2,(H,15,19)/t10-,11-,13-,14-/m1/s1. The molecule has 0 spiro atoms. The van der Waals surface area contributed by atoms with Gasteiger partial charge in [0.15, 0.2) is 0 Å². The summed E-state index contributed by atoms with van der Waals surface area (Å²) in [5, 5.41) is 43.2. The van der Waals surface area contributed by atoms with E-state index in [4.69, 9.17) is 10.2 Å². The molecule has 1 saturated heterocycles. The van der Waals surface area contributed by atoms with E-state index in [0.717, 1.165) is 5.56 Å². The highest BCUT2D eigenvalue weighted by atomic mass is 16.3. The van der Waals surface area contributed by atoms with Crippen molar-refractivity contribution in [3.8, 4) is 5.75 Å². The summed E-state index contributed by atoms with van der Waals surface area (Å²) in [6, 6.07) is 5.24. The van der Waals surface area contributed by atoms with E-state index in [-0.39, 0.29) is 31.2 Å². The third-order valence-corrected chi connectivity index (χ3v) is 3.62. The minimum absolute atomic E-state index is 0.140. The molecule has 116 valence electrons. The molecule has 0 aromatic heterocycles. The van der Waals surface area contributed by atoms with Crippen LogP contribution < -0.4 is 10.6 Å². The fraction of sp³-hybridized carbons (Fsp3) is 0.500. The number of benzene rings is 1. The van der Waals surface area contributed by atoms with E-state index < -0.39 is 24.3 Å². The average molecular weight is 296 g/mol. The molecule has 1 aromatic rings. The molecule has 1 aliphatic rings. The van der Waals surface area contributed by atoms with Crippen molar-refractivity contribution in [2.45, 2.75) is 30.7 Å². The molecule has 7 heteroatoms. The molecule has 4 atom stereocenters. The number of hydrogen-bond donors (Lipinski definition) is 6. The summed E-state index contributed by atoms with van der Waals surface area (Å²) in [7, 11) is 0. The van der Waals surface area contributed by atoms with Gasteiger partial charge >= 0.3 is 0 Å². The summed E-state index contributed by atoms with van der Waals surface area (Å²) in [5.41, 5.74) is 0.762. The van der Waals surface area contributed by atoms with E-state index in [1.54, 1.807) is 12.1 Å². The maximum Gasteiger partial charge on any atom is 0.224 e. The molecule has 6 N–H and O–H groups in total. The first kappa shape index (κ1) is 15.7. The van der Waals surface area contributed by atoms with Gasteiger partial charge in [-0.1, -0.05) is 12.1 Å². The van der Waals surface area contributed by atoms with Crippen LogP contribution in [0.4, 0.5) is 0 Å². The largest absolute Gasteiger partial charge is 0.508 e. The highest BCUT2D eigenvalue weighted by Crippen LogP contribution is 2.14. The van der Waals surface area contributed by atoms with Crippen LogP contribution in [-0.4, -0.2) is 63.8 Å². The first-order valence-electron chi connectivity index (χ1n) is 6.79. The predicted molar refractivity (Wildman–Crippen MR) is 74.6 cm³/mol. The van der Waals surface area contributed by atoms with E-state index in [9.17, 15) is 15.0 Å². The van der Waals surface area contributed by atoms with Gasteiger partial charge in [0.25, 0.3) is 0 Å². The lowest BCUT2D eigenvalue weighted by Crippen LogP contribution is -2.44. The number of phenolic OH excluding ortho intramolecular Hbond substituents is 1. The van der Waals surface area contributed by atoms with E-state index in [1.165, 1.54) is 12.1 Å². The van der Waals surface area contributed by atoms with Gasteiger partial charge in [-0.2, -0.15) is 0 Å². The van der Waals surface area contributed by atoms with Gasteiger partial charge in [-0.25, -0.2) is 0 Å². The molecule has 1 heterocycles. The van der Waals surface area contributed by atoms with E-state index >= 15 is 0 Å². The molecule has 21 heavy (non-hydrogen) atoms. The molecule has 0 unspecified atom stereocenters. The van der Waals surface area contributed by atoms with Crippen molar-refractivity contribution in [2.75, 3.05) is 13.2 Å². The van der Waals surface area contributed by atoms with Crippen molar-refractivity contribution < 1.29 is 25.2 Å². The summed E-state index contributed by atoms with van der Waals surface area (Å²) in [5.74, 6) is -0.0851. The predicted octanol–water partition coefficient (Wildman–Crippen LogP) is -1.89. The Morgan fingerprint density at radius 2 is 1.76 bits per heavy atom. The Labute approximate surface area is 122 Å². The van der Waals surface area contributed by atoms with Gasteiger partial charge in [-0.15, -0.1) is 0 Å². The molecule has 1 fully saturated rings.